The predicted molar refractivity (Wildman–Crippen MR) is 57.6 cm³/mol. The lowest BCUT2D eigenvalue weighted by molar-refractivity contribution is -0.189. The fourth-order valence-corrected chi connectivity index (χ4v) is 1.37. The molecule has 0 amide bonds. The molecular formula is C10H7F3N4O3. The molecule has 0 saturated carbocycles. The monoisotopic (exact) mass is 288 g/mol. The van der Waals surface area contributed by atoms with Gasteiger partial charge in [0.2, 0.25) is 5.82 Å². The smallest absolute Gasteiger partial charge is 0.491 e. The molecule has 20 heavy (non-hydrogen) atoms. The molecule has 0 saturated heterocycles. The van der Waals surface area contributed by atoms with Gasteiger partial charge in [0, 0.05) is 0 Å². The Morgan fingerprint density at radius 2 is 2.10 bits per heavy atom. The van der Waals surface area contributed by atoms with Gasteiger partial charge in [0.15, 0.2) is 0 Å². The zero-order valence-electron chi connectivity index (χ0n) is 9.92. The molecule has 1 aromatic carbocycles. The van der Waals surface area contributed by atoms with E-state index in [1.165, 1.54) is 19.2 Å². The molecule has 2 aromatic rings. The van der Waals surface area contributed by atoms with Crippen molar-refractivity contribution in [1.82, 2.24) is 20.2 Å². The van der Waals surface area contributed by atoms with E-state index in [2.05, 4.69) is 20.1 Å². The molecule has 0 spiro atoms. The van der Waals surface area contributed by atoms with Gasteiger partial charge in [-0.3, -0.25) is 0 Å². The van der Waals surface area contributed by atoms with E-state index < -0.39 is 23.6 Å². The van der Waals surface area contributed by atoms with Gasteiger partial charge in [0.05, 0.1) is 7.05 Å². The lowest BCUT2D eigenvalue weighted by Gasteiger charge is -2.10. The molecule has 10 heteroatoms. The number of hydrogen-bond acceptors (Lipinski definition) is 6. The molecule has 0 aliphatic heterocycles. The van der Waals surface area contributed by atoms with E-state index in [9.17, 15) is 23.1 Å². The molecule has 0 fully saturated rings. The van der Waals surface area contributed by atoms with Crippen molar-refractivity contribution in [3.05, 3.63) is 18.2 Å². The third-order valence-corrected chi connectivity index (χ3v) is 2.17. The molecule has 0 aliphatic rings. The van der Waals surface area contributed by atoms with E-state index in [0.717, 1.165) is 10.9 Å². The van der Waals surface area contributed by atoms with E-state index in [0.29, 0.717) is 0 Å². The van der Waals surface area contributed by atoms with Gasteiger partial charge in [-0.05, 0) is 17.3 Å². The molecule has 106 valence electrons. The number of hydrogen-bond donors (Lipinski definition) is 1. The highest BCUT2D eigenvalue weighted by Gasteiger charge is 2.42. The zero-order valence-corrected chi connectivity index (χ0v) is 9.92. The van der Waals surface area contributed by atoms with Crippen LogP contribution in [0.4, 0.5) is 13.2 Å². The number of rotatable bonds is 2. The Balaban J connectivity index is 2.45. The van der Waals surface area contributed by atoms with Crippen LogP contribution in [0, 0.1) is 0 Å². The van der Waals surface area contributed by atoms with Crippen LogP contribution in [0.2, 0.25) is 0 Å². The van der Waals surface area contributed by atoms with Crippen LogP contribution in [-0.2, 0) is 11.8 Å². The van der Waals surface area contributed by atoms with Gasteiger partial charge in [-0.15, -0.1) is 10.2 Å². The number of tetrazole rings is 1. The number of ether oxygens (including phenoxy) is 1. The maximum atomic E-state index is 12.2. The Kier molecular flexibility index (Phi) is 3.30. The Morgan fingerprint density at radius 3 is 2.65 bits per heavy atom. The predicted octanol–water partition coefficient (Wildman–Crippen LogP) is 1.05. The first-order valence-electron chi connectivity index (χ1n) is 5.14. The van der Waals surface area contributed by atoms with E-state index in [1.807, 2.05) is 0 Å². The van der Waals surface area contributed by atoms with E-state index >= 15 is 0 Å². The minimum atomic E-state index is -5.15. The summed E-state index contributed by atoms with van der Waals surface area (Å²) in [5.41, 5.74) is -0.252. The summed E-state index contributed by atoms with van der Waals surface area (Å²) in [5.74, 6) is -3.53. The second kappa shape index (κ2) is 4.79. The van der Waals surface area contributed by atoms with Crippen LogP contribution >= 0.6 is 0 Å². The normalized spacial score (nSPS) is 11.4. The molecule has 1 aromatic heterocycles. The first-order valence-corrected chi connectivity index (χ1v) is 5.14. The average Bonchev–Trinajstić information content (AvgIpc) is 2.74. The number of halogens is 3. The first-order chi connectivity index (χ1) is 9.29. The number of nitrogens with zero attached hydrogens (tertiary/aromatic N) is 4. The number of phenolic OH excluding ortho intramolecular Hbond substituents is 1. The van der Waals surface area contributed by atoms with Crippen LogP contribution < -0.4 is 4.74 Å². The van der Waals surface area contributed by atoms with Gasteiger partial charge < -0.3 is 9.84 Å². The van der Waals surface area contributed by atoms with Crippen LogP contribution in [0.3, 0.4) is 0 Å². The summed E-state index contributed by atoms with van der Waals surface area (Å²) in [6.45, 7) is 0. The third-order valence-electron chi connectivity index (χ3n) is 2.17. The summed E-state index contributed by atoms with van der Waals surface area (Å²) in [7, 11) is 1.43. The standard InChI is InChI=1S/C10H7F3N4O3/c1-17-15-8(14-16-17)7-5(18)3-2-4-6(7)20-9(19)10(11,12)13/h2-4,18H,1H3. The number of aromatic nitrogens is 4. The molecular weight excluding hydrogens is 281 g/mol. The number of carbonyl (C=O) groups excluding carboxylic acids is 1. The van der Waals surface area contributed by atoms with Crippen LogP contribution in [0.1, 0.15) is 0 Å². The molecule has 1 heterocycles. The molecule has 0 atom stereocenters. The van der Waals surface area contributed by atoms with Crippen molar-refractivity contribution in [3.63, 3.8) is 0 Å². The van der Waals surface area contributed by atoms with Crippen molar-refractivity contribution in [2.45, 2.75) is 6.18 Å². The van der Waals surface area contributed by atoms with Crippen molar-refractivity contribution in [2.75, 3.05) is 0 Å². The maximum absolute atomic E-state index is 12.2. The molecule has 7 nitrogen and oxygen atoms in total. The number of aromatic hydroxyl groups is 1. The number of phenols is 1. The largest absolute Gasteiger partial charge is 0.507 e. The molecule has 0 bridgehead atoms. The van der Waals surface area contributed by atoms with Crippen molar-refractivity contribution in [3.8, 4) is 22.9 Å². The van der Waals surface area contributed by atoms with Crippen molar-refractivity contribution >= 4 is 5.97 Å². The zero-order chi connectivity index (χ0) is 14.9. The van der Waals surface area contributed by atoms with Crippen LogP contribution in [0.5, 0.6) is 11.5 Å². The average molecular weight is 288 g/mol. The van der Waals surface area contributed by atoms with Gasteiger partial charge in [-0.25, -0.2) is 4.79 Å². The minimum Gasteiger partial charge on any atom is -0.507 e. The number of alkyl halides is 3. The van der Waals surface area contributed by atoms with E-state index in [4.69, 9.17) is 0 Å². The summed E-state index contributed by atoms with van der Waals surface area (Å²) < 4.78 is 40.8. The van der Waals surface area contributed by atoms with Crippen molar-refractivity contribution < 1.29 is 27.8 Å². The SMILES string of the molecule is Cn1nnc(-c2c(O)cccc2OC(=O)C(F)(F)F)n1. The Morgan fingerprint density at radius 1 is 1.40 bits per heavy atom. The van der Waals surface area contributed by atoms with Gasteiger partial charge in [0.25, 0.3) is 0 Å². The molecule has 0 aliphatic carbocycles. The second-order valence-electron chi connectivity index (χ2n) is 3.64. The Labute approximate surface area is 109 Å². The van der Waals surface area contributed by atoms with Gasteiger partial charge in [-0.1, -0.05) is 6.07 Å². The number of aryl methyl sites for hydroxylation is 1. The fourth-order valence-electron chi connectivity index (χ4n) is 1.37. The highest BCUT2D eigenvalue weighted by molar-refractivity contribution is 5.81. The van der Waals surface area contributed by atoms with Crippen molar-refractivity contribution in [2.24, 2.45) is 7.05 Å². The Hall–Kier alpha value is -2.65. The maximum Gasteiger partial charge on any atom is 0.491 e. The summed E-state index contributed by atoms with van der Waals surface area (Å²) in [5, 5.41) is 20.4. The summed E-state index contributed by atoms with van der Waals surface area (Å²) in [4.78, 5) is 11.9. The molecule has 0 unspecified atom stereocenters. The summed E-state index contributed by atoms with van der Waals surface area (Å²) in [6, 6.07) is 3.49. The highest BCUT2D eigenvalue weighted by atomic mass is 19.4. The topological polar surface area (TPSA) is 90.1 Å². The molecule has 2 rings (SSSR count). The third kappa shape index (κ3) is 2.68. The van der Waals surface area contributed by atoms with Gasteiger partial charge in [0.1, 0.15) is 17.1 Å². The van der Waals surface area contributed by atoms with Crippen molar-refractivity contribution in [1.29, 1.82) is 0 Å². The molecule has 0 radical (unpaired) electrons. The van der Waals surface area contributed by atoms with Gasteiger partial charge >= 0.3 is 12.1 Å². The summed E-state index contributed by atoms with van der Waals surface area (Å²) in [6.07, 6.45) is -5.15. The quantitative estimate of drug-likeness (QED) is 0.656. The van der Waals surface area contributed by atoms with E-state index in [1.54, 1.807) is 0 Å². The first kappa shape index (κ1) is 13.8. The van der Waals surface area contributed by atoms with E-state index in [-0.39, 0.29) is 11.4 Å². The second-order valence-corrected chi connectivity index (χ2v) is 3.64. The fraction of sp³-hybridized carbons (Fsp3) is 0.200. The van der Waals surface area contributed by atoms with Crippen LogP contribution in [0.15, 0.2) is 18.2 Å². The summed E-state index contributed by atoms with van der Waals surface area (Å²) >= 11 is 0. The number of carbonyl (C=O) groups is 1. The highest BCUT2D eigenvalue weighted by Crippen LogP contribution is 2.36. The molecule has 1 N–H and O–H groups in total. The minimum absolute atomic E-state index is 0.171. The van der Waals surface area contributed by atoms with Crippen LogP contribution in [-0.4, -0.2) is 37.5 Å². The number of esters is 1. The van der Waals surface area contributed by atoms with Gasteiger partial charge in [-0.2, -0.15) is 18.0 Å². The van der Waals surface area contributed by atoms with Crippen LogP contribution in [0.25, 0.3) is 11.4 Å². The number of benzene rings is 1. The Bertz CT molecular complexity index is 653. The lowest BCUT2D eigenvalue weighted by atomic mass is 10.1. The lowest BCUT2D eigenvalue weighted by Crippen LogP contribution is -2.28.